The SMILES string of the molecule is Nc1ccc(Oc2cccc(F)c2)c2cccnc12. The summed E-state index contributed by atoms with van der Waals surface area (Å²) in [6.07, 6.45) is 1.67. The Labute approximate surface area is 109 Å². The fraction of sp³-hybridized carbons (Fsp3) is 0. The third-order valence-electron chi connectivity index (χ3n) is 2.78. The maximum atomic E-state index is 13.1. The third-order valence-corrected chi connectivity index (χ3v) is 2.78. The standard InChI is InChI=1S/C15H11FN2O/c16-10-3-1-4-11(9-10)19-14-7-6-13(17)15-12(14)5-2-8-18-15/h1-9H,17H2. The average molecular weight is 254 g/mol. The molecule has 2 N–H and O–H groups in total. The molecular formula is C15H11FN2O. The number of hydrogen-bond acceptors (Lipinski definition) is 3. The highest BCUT2D eigenvalue weighted by molar-refractivity contribution is 5.93. The second-order valence-corrected chi connectivity index (χ2v) is 4.11. The fourth-order valence-electron chi connectivity index (χ4n) is 1.91. The van der Waals surface area contributed by atoms with E-state index in [4.69, 9.17) is 10.5 Å². The summed E-state index contributed by atoms with van der Waals surface area (Å²) in [5.41, 5.74) is 7.13. The van der Waals surface area contributed by atoms with E-state index in [1.54, 1.807) is 36.5 Å². The predicted octanol–water partition coefficient (Wildman–Crippen LogP) is 3.75. The van der Waals surface area contributed by atoms with Crippen LogP contribution in [0, 0.1) is 5.82 Å². The monoisotopic (exact) mass is 254 g/mol. The molecule has 0 spiro atoms. The highest BCUT2D eigenvalue weighted by Crippen LogP contribution is 2.31. The van der Waals surface area contributed by atoms with Gasteiger partial charge in [-0.1, -0.05) is 6.07 Å². The van der Waals surface area contributed by atoms with Crippen molar-refractivity contribution >= 4 is 16.6 Å². The lowest BCUT2D eigenvalue weighted by Gasteiger charge is -2.09. The van der Waals surface area contributed by atoms with Crippen molar-refractivity contribution in [2.75, 3.05) is 5.73 Å². The molecule has 1 heterocycles. The lowest BCUT2D eigenvalue weighted by molar-refractivity contribution is 0.482. The molecule has 2 aromatic carbocycles. The predicted molar refractivity (Wildman–Crippen MR) is 72.6 cm³/mol. The van der Waals surface area contributed by atoms with Gasteiger partial charge in [0, 0.05) is 17.6 Å². The van der Waals surface area contributed by atoms with Gasteiger partial charge in [-0.25, -0.2) is 4.39 Å². The van der Waals surface area contributed by atoms with Gasteiger partial charge in [-0.05, 0) is 36.4 Å². The van der Waals surface area contributed by atoms with Gasteiger partial charge in [0.2, 0.25) is 0 Å². The summed E-state index contributed by atoms with van der Waals surface area (Å²) < 4.78 is 18.8. The average Bonchev–Trinajstić information content (AvgIpc) is 2.42. The first-order valence-electron chi connectivity index (χ1n) is 5.81. The number of hydrogen-bond donors (Lipinski definition) is 1. The second-order valence-electron chi connectivity index (χ2n) is 4.11. The first-order chi connectivity index (χ1) is 9.24. The van der Waals surface area contributed by atoms with Gasteiger partial charge >= 0.3 is 0 Å². The van der Waals surface area contributed by atoms with Gasteiger partial charge < -0.3 is 10.5 Å². The van der Waals surface area contributed by atoms with Gasteiger partial charge in [-0.15, -0.1) is 0 Å². The number of aromatic nitrogens is 1. The second kappa shape index (κ2) is 4.57. The lowest BCUT2D eigenvalue weighted by Crippen LogP contribution is -1.92. The molecule has 1 aromatic heterocycles. The molecule has 0 amide bonds. The summed E-state index contributed by atoms with van der Waals surface area (Å²) in [6.45, 7) is 0. The van der Waals surface area contributed by atoms with Crippen LogP contribution in [-0.4, -0.2) is 4.98 Å². The van der Waals surface area contributed by atoms with Gasteiger partial charge in [0.05, 0.1) is 11.2 Å². The smallest absolute Gasteiger partial charge is 0.136 e. The topological polar surface area (TPSA) is 48.1 Å². The van der Waals surface area contributed by atoms with Gasteiger partial charge in [0.1, 0.15) is 17.3 Å². The van der Waals surface area contributed by atoms with E-state index in [0.717, 1.165) is 5.39 Å². The zero-order chi connectivity index (χ0) is 13.2. The molecule has 0 bridgehead atoms. The van der Waals surface area contributed by atoms with Crippen molar-refractivity contribution in [1.29, 1.82) is 0 Å². The largest absolute Gasteiger partial charge is 0.457 e. The zero-order valence-electron chi connectivity index (χ0n) is 10.0. The van der Waals surface area contributed by atoms with E-state index in [2.05, 4.69) is 4.98 Å². The molecule has 0 saturated heterocycles. The van der Waals surface area contributed by atoms with Gasteiger partial charge in [-0.3, -0.25) is 4.98 Å². The van der Waals surface area contributed by atoms with Crippen molar-refractivity contribution in [2.45, 2.75) is 0 Å². The van der Waals surface area contributed by atoms with Crippen molar-refractivity contribution < 1.29 is 9.13 Å². The number of nitrogens with two attached hydrogens (primary N) is 1. The minimum atomic E-state index is -0.338. The normalized spacial score (nSPS) is 10.6. The Hall–Kier alpha value is -2.62. The molecule has 0 aliphatic heterocycles. The molecule has 0 atom stereocenters. The molecule has 0 radical (unpaired) electrons. The molecule has 94 valence electrons. The first-order valence-corrected chi connectivity index (χ1v) is 5.81. The maximum absolute atomic E-state index is 13.1. The number of fused-ring (bicyclic) bond motifs is 1. The molecule has 0 aliphatic carbocycles. The summed E-state index contributed by atoms with van der Waals surface area (Å²) >= 11 is 0. The number of halogens is 1. The van der Waals surface area contributed by atoms with E-state index < -0.39 is 0 Å². The number of nitrogen functional groups attached to an aromatic ring is 1. The highest BCUT2D eigenvalue weighted by atomic mass is 19.1. The van der Waals surface area contributed by atoms with Gasteiger partial charge in [-0.2, -0.15) is 0 Å². The summed E-state index contributed by atoms with van der Waals surface area (Å²) in [6, 6.07) is 13.2. The van der Waals surface area contributed by atoms with Crippen LogP contribution in [-0.2, 0) is 0 Å². The van der Waals surface area contributed by atoms with Crippen LogP contribution in [0.1, 0.15) is 0 Å². The number of anilines is 1. The molecule has 3 aromatic rings. The van der Waals surface area contributed by atoms with Gasteiger partial charge in [0.15, 0.2) is 0 Å². The van der Waals surface area contributed by atoms with Crippen LogP contribution in [0.4, 0.5) is 10.1 Å². The van der Waals surface area contributed by atoms with Crippen LogP contribution in [0.25, 0.3) is 10.9 Å². The van der Waals surface area contributed by atoms with Crippen LogP contribution < -0.4 is 10.5 Å². The Morgan fingerprint density at radius 3 is 2.79 bits per heavy atom. The molecule has 4 heteroatoms. The van der Waals surface area contributed by atoms with Gasteiger partial charge in [0.25, 0.3) is 0 Å². The molecule has 0 unspecified atom stereocenters. The Kier molecular flexibility index (Phi) is 2.76. The fourth-order valence-corrected chi connectivity index (χ4v) is 1.91. The third kappa shape index (κ3) is 2.20. The lowest BCUT2D eigenvalue weighted by atomic mass is 10.1. The van der Waals surface area contributed by atoms with Crippen molar-refractivity contribution in [1.82, 2.24) is 4.98 Å². The molecule has 3 nitrogen and oxygen atoms in total. The van der Waals surface area contributed by atoms with E-state index in [1.165, 1.54) is 12.1 Å². The van der Waals surface area contributed by atoms with Crippen LogP contribution in [0.3, 0.4) is 0 Å². The Morgan fingerprint density at radius 2 is 1.95 bits per heavy atom. The van der Waals surface area contributed by atoms with Crippen molar-refractivity contribution in [3.8, 4) is 11.5 Å². The van der Waals surface area contributed by atoms with Crippen LogP contribution in [0.5, 0.6) is 11.5 Å². The summed E-state index contributed by atoms with van der Waals surface area (Å²) in [5.74, 6) is 0.702. The molecule has 3 rings (SSSR count). The van der Waals surface area contributed by atoms with Crippen LogP contribution >= 0.6 is 0 Å². The van der Waals surface area contributed by atoms with E-state index in [1.807, 2.05) is 6.07 Å². The summed E-state index contributed by atoms with van der Waals surface area (Å²) in [5, 5.41) is 0.798. The quantitative estimate of drug-likeness (QED) is 0.708. The molecule has 0 saturated carbocycles. The summed E-state index contributed by atoms with van der Waals surface area (Å²) in [7, 11) is 0. The van der Waals surface area contributed by atoms with Crippen molar-refractivity contribution in [2.24, 2.45) is 0 Å². The highest BCUT2D eigenvalue weighted by Gasteiger charge is 2.07. The van der Waals surface area contributed by atoms with Crippen LogP contribution in [0.15, 0.2) is 54.7 Å². The Balaban J connectivity index is 2.09. The van der Waals surface area contributed by atoms with Crippen molar-refractivity contribution in [3.63, 3.8) is 0 Å². The number of pyridine rings is 1. The van der Waals surface area contributed by atoms with E-state index in [-0.39, 0.29) is 5.82 Å². The Morgan fingerprint density at radius 1 is 1.05 bits per heavy atom. The zero-order valence-corrected chi connectivity index (χ0v) is 10.0. The molecule has 19 heavy (non-hydrogen) atoms. The molecule has 0 fully saturated rings. The first kappa shape index (κ1) is 11.5. The Bertz CT molecular complexity index is 743. The number of ether oxygens (including phenoxy) is 1. The molecule has 0 aliphatic rings. The minimum Gasteiger partial charge on any atom is -0.457 e. The number of rotatable bonds is 2. The van der Waals surface area contributed by atoms with E-state index in [0.29, 0.717) is 22.7 Å². The summed E-state index contributed by atoms with van der Waals surface area (Å²) in [4.78, 5) is 4.22. The van der Waals surface area contributed by atoms with E-state index >= 15 is 0 Å². The van der Waals surface area contributed by atoms with Crippen LogP contribution in [0.2, 0.25) is 0 Å². The maximum Gasteiger partial charge on any atom is 0.136 e. The number of nitrogens with zero attached hydrogens (tertiary/aromatic N) is 1. The van der Waals surface area contributed by atoms with E-state index in [9.17, 15) is 4.39 Å². The van der Waals surface area contributed by atoms with Crippen molar-refractivity contribution in [3.05, 3.63) is 60.5 Å². The number of benzene rings is 2. The molecular weight excluding hydrogens is 243 g/mol. The minimum absolute atomic E-state index is 0.338.